The van der Waals surface area contributed by atoms with Crippen LogP contribution in [0.5, 0.6) is 0 Å². The summed E-state index contributed by atoms with van der Waals surface area (Å²) >= 11 is 7.28. The van der Waals surface area contributed by atoms with Gasteiger partial charge in [-0.25, -0.2) is 9.97 Å². The van der Waals surface area contributed by atoms with Crippen LogP contribution in [-0.2, 0) is 0 Å². The van der Waals surface area contributed by atoms with Crippen molar-refractivity contribution in [2.75, 3.05) is 0 Å². The highest BCUT2D eigenvalue weighted by Crippen LogP contribution is 2.29. The molecule has 2 aromatic rings. The van der Waals surface area contributed by atoms with Crippen molar-refractivity contribution in [1.29, 1.82) is 0 Å². The molecule has 0 amide bonds. The highest BCUT2D eigenvalue weighted by molar-refractivity contribution is 7.99. The molecule has 0 fully saturated rings. The maximum atomic E-state index is 11.0. The van der Waals surface area contributed by atoms with Crippen molar-refractivity contribution in [2.45, 2.75) is 23.9 Å². The number of hydrogen-bond donors (Lipinski definition) is 0. The Kier molecular flexibility index (Phi) is 3.99. The van der Waals surface area contributed by atoms with E-state index in [1.165, 1.54) is 11.8 Å². The second-order valence-electron chi connectivity index (χ2n) is 3.84. The Bertz CT molecular complexity index is 581. The van der Waals surface area contributed by atoms with E-state index in [1.54, 1.807) is 18.2 Å². The van der Waals surface area contributed by atoms with Gasteiger partial charge in [-0.05, 0) is 49.9 Å². The summed E-state index contributed by atoms with van der Waals surface area (Å²) in [7, 11) is 0. The number of aryl methyl sites for hydroxylation is 2. The van der Waals surface area contributed by atoms with E-state index in [-0.39, 0.29) is 0 Å². The van der Waals surface area contributed by atoms with Gasteiger partial charge in [-0.2, -0.15) is 0 Å². The molecule has 0 unspecified atom stereocenters. The quantitative estimate of drug-likeness (QED) is 0.634. The summed E-state index contributed by atoms with van der Waals surface area (Å²) in [6, 6.07) is 7.04. The first-order valence-corrected chi connectivity index (χ1v) is 6.53. The van der Waals surface area contributed by atoms with Crippen molar-refractivity contribution in [3.05, 3.63) is 46.2 Å². The molecule has 18 heavy (non-hydrogen) atoms. The van der Waals surface area contributed by atoms with Gasteiger partial charge in [-0.1, -0.05) is 11.6 Å². The summed E-state index contributed by atoms with van der Waals surface area (Å²) in [6.07, 6.45) is 0.807. The molecule has 2 rings (SSSR count). The Labute approximate surface area is 115 Å². The lowest BCUT2D eigenvalue weighted by molar-refractivity contribution is 0.112. The molecule has 92 valence electrons. The molecule has 1 aromatic heterocycles. The lowest BCUT2D eigenvalue weighted by Crippen LogP contribution is -1.93. The lowest BCUT2D eigenvalue weighted by atomic mass is 10.2. The summed E-state index contributed by atoms with van der Waals surface area (Å²) in [5, 5.41) is 1.21. The maximum absolute atomic E-state index is 11.0. The van der Waals surface area contributed by atoms with Gasteiger partial charge in [0.1, 0.15) is 0 Å². The molecule has 0 saturated heterocycles. The predicted octanol–water partition coefficient (Wildman–Crippen LogP) is 3.71. The molecule has 5 heteroatoms. The highest BCUT2D eigenvalue weighted by Gasteiger charge is 2.08. The lowest BCUT2D eigenvalue weighted by Gasteiger charge is -2.05. The standard InChI is InChI=1S/C13H11ClN2OS/c1-8-5-9(2)16-13(15-8)18-12-6-11(14)4-3-10(12)7-17/h3-7H,1-2H3. The van der Waals surface area contributed by atoms with Gasteiger partial charge >= 0.3 is 0 Å². The van der Waals surface area contributed by atoms with Crippen molar-refractivity contribution < 1.29 is 4.79 Å². The molecule has 0 aliphatic rings. The van der Waals surface area contributed by atoms with Crippen LogP contribution >= 0.6 is 23.4 Å². The van der Waals surface area contributed by atoms with Crippen LogP contribution in [0.15, 0.2) is 34.3 Å². The van der Waals surface area contributed by atoms with Crippen molar-refractivity contribution in [1.82, 2.24) is 9.97 Å². The van der Waals surface area contributed by atoms with Crippen molar-refractivity contribution in [3.8, 4) is 0 Å². The van der Waals surface area contributed by atoms with E-state index in [9.17, 15) is 4.79 Å². The van der Waals surface area contributed by atoms with Crippen LogP contribution in [0.4, 0.5) is 0 Å². The zero-order chi connectivity index (χ0) is 13.1. The van der Waals surface area contributed by atoms with E-state index >= 15 is 0 Å². The Morgan fingerprint density at radius 2 is 1.83 bits per heavy atom. The molecule has 0 N–H and O–H groups in total. The third-order valence-corrected chi connectivity index (χ3v) is 3.44. The molecular formula is C13H11ClN2OS. The topological polar surface area (TPSA) is 42.9 Å². The van der Waals surface area contributed by atoms with Gasteiger partial charge in [0.2, 0.25) is 0 Å². The van der Waals surface area contributed by atoms with E-state index in [0.717, 1.165) is 22.6 Å². The average molecular weight is 279 g/mol. The third kappa shape index (κ3) is 3.09. The molecule has 3 nitrogen and oxygen atoms in total. The molecule has 1 heterocycles. The number of halogens is 1. The largest absolute Gasteiger partial charge is 0.298 e. The van der Waals surface area contributed by atoms with Gasteiger partial charge in [0.25, 0.3) is 0 Å². The predicted molar refractivity (Wildman–Crippen MR) is 72.5 cm³/mol. The smallest absolute Gasteiger partial charge is 0.192 e. The van der Waals surface area contributed by atoms with Crippen LogP contribution in [0.1, 0.15) is 21.7 Å². The summed E-state index contributed by atoms with van der Waals surface area (Å²) in [6.45, 7) is 3.83. The number of rotatable bonds is 3. The van der Waals surface area contributed by atoms with Crippen LogP contribution in [0, 0.1) is 13.8 Å². The van der Waals surface area contributed by atoms with Gasteiger partial charge in [0, 0.05) is 26.9 Å². The summed E-state index contributed by atoms with van der Waals surface area (Å²) < 4.78 is 0. The minimum absolute atomic E-state index is 0.590. The highest BCUT2D eigenvalue weighted by atomic mass is 35.5. The zero-order valence-corrected chi connectivity index (χ0v) is 11.5. The number of hydrogen-bond acceptors (Lipinski definition) is 4. The molecule has 0 spiro atoms. The Balaban J connectivity index is 2.38. The fraction of sp³-hybridized carbons (Fsp3) is 0.154. The van der Waals surface area contributed by atoms with Crippen LogP contribution in [-0.4, -0.2) is 16.3 Å². The monoisotopic (exact) mass is 278 g/mol. The first kappa shape index (κ1) is 13.1. The Morgan fingerprint density at radius 3 is 2.44 bits per heavy atom. The fourth-order valence-electron chi connectivity index (χ4n) is 1.53. The number of carbonyl (C=O) groups excluding carboxylic acids is 1. The fourth-order valence-corrected chi connectivity index (χ4v) is 2.76. The molecule has 0 saturated carbocycles. The van der Waals surface area contributed by atoms with Gasteiger partial charge in [-0.3, -0.25) is 4.79 Å². The van der Waals surface area contributed by atoms with Crippen LogP contribution in [0.25, 0.3) is 0 Å². The first-order chi connectivity index (χ1) is 8.58. The Hall–Kier alpha value is -1.39. The van der Waals surface area contributed by atoms with Crippen LogP contribution < -0.4 is 0 Å². The van der Waals surface area contributed by atoms with Crippen LogP contribution in [0.3, 0.4) is 0 Å². The molecule has 0 radical (unpaired) electrons. The van der Waals surface area contributed by atoms with Crippen molar-refractivity contribution >= 4 is 29.6 Å². The normalized spacial score (nSPS) is 10.4. The molecule has 0 aliphatic carbocycles. The van der Waals surface area contributed by atoms with Crippen molar-refractivity contribution in [3.63, 3.8) is 0 Å². The summed E-state index contributed by atoms with van der Waals surface area (Å²) in [4.78, 5) is 20.4. The number of carbonyl (C=O) groups is 1. The SMILES string of the molecule is Cc1cc(C)nc(Sc2cc(Cl)ccc2C=O)n1. The minimum Gasteiger partial charge on any atom is -0.298 e. The van der Waals surface area contributed by atoms with E-state index in [2.05, 4.69) is 9.97 Å². The number of nitrogens with zero attached hydrogens (tertiary/aromatic N) is 2. The molecule has 0 bridgehead atoms. The maximum Gasteiger partial charge on any atom is 0.192 e. The molecule has 0 aliphatic heterocycles. The van der Waals surface area contributed by atoms with E-state index in [4.69, 9.17) is 11.6 Å². The second-order valence-corrected chi connectivity index (χ2v) is 5.28. The van der Waals surface area contributed by atoms with E-state index in [1.807, 2.05) is 19.9 Å². The number of aldehydes is 1. The average Bonchev–Trinajstić information content (AvgIpc) is 2.27. The number of aromatic nitrogens is 2. The second kappa shape index (κ2) is 5.50. The third-order valence-electron chi connectivity index (χ3n) is 2.27. The molecule has 1 aromatic carbocycles. The first-order valence-electron chi connectivity index (χ1n) is 5.33. The van der Waals surface area contributed by atoms with Gasteiger partial charge in [0.05, 0.1) is 0 Å². The van der Waals surface area contributed by atoms with Gasteiger partial charge in [-0.15, -0.1) is 0 Å². The van der Waals surface area contributed by atoms with Gasteiger partial charge in [0.15, 0.2) is 11.4 Å². The van der Waals surface area contributed by atoms with E-state index < -0.39 is 0 Å². The Morgan fingerprint density at radius 1 is 1.17 bits per heavy atom. The minimum atomic E-state index is 0.590. The zero-order valence-electron chi connectivity index (χ0n) is 9.98. The van der Waals surface area contributed by atoms with Crippen molar-refractivity contribution in [2.24, 2.45) is 0 Å². The van der Waals surface area contributed by atoms with E-state index in [0.29, 0.717) is 15.7 Å². The van der Waals surface area contributed by atoms with Crippen LogP contribution in [0.2, 0.25) is 5.02 Å². The number of benzene rings is 1. The summed E-state index contributed by atoms with van der Waals surface area (Å²) in [5.41, 5.74) is 2.39. The summed E-state index contributed by atoms with van der Waals surface area (Å²) in [5.74, 6) is 0. The molecular weight excluding hydrogens is 268 g/mol. The van der Waals surface area contributed by atoms with Gasteiger partial charge < -0.3 is 0 Å². The molecule has 0 atom stereocenters.